The number of hydrogen-bond acceptors (Lipinski definition) is 4. The molecule has 1 aliphatic heterocycles. The predicted octanol–water partition coefficient (Wildman–Crippen LogP) is 6.74. The number of amides is 2. The van der Waals surface area contributed by atoms with Gasteiger partial charge in [0.15, 0.2) is 0 Å². The van der Waals surface area contributed by atoms with Gasteiger partial charge in [0.25, 0.3) is 5.89 Å². The third kappa shape index (κ3) is 4.42. The zero-order valence-electron chi connectivity index (χ0n) is 18.2. The number of allylic oxidation sites excluding steroid dienone is 1. The van der Waals surface area contributed by atoms with Crippen LogP contribution in [0.2, 0.25) is 10.0 Å². The van der Waals surface area contributed by atoms with Crippen LogP contribution in [-0.2, 0) is 6.54 Å². The average Bonchev–Trinajstić information content (AvgIpc) is 3.32. The van der Waals surface area contributed by atoms with E-state index in [4.69, 9.17) is 27.7 Å². The predicted molar refractivity (Wildman–Crippen MR) is 132 cm³/mol. The molecule has 5 rings (SSSR count). The lowest BCUT2D eigenvalue weighted by Gasteiger charge is -2.35. The number of urea groups is 1. The number of halogens is 2. The number of hydrogen-bond donors (Lipinski definition) is 1. The van der Waals surface area contributed by atoms with Crippen molar-refractivity contribution in [3.8, 4) is 11.4 Å². The van der Waals surface area contributed by atoms with Gasteiger partial charge in [-0.05, 0) is 54.4 Å². The Balaban J connectivity index is 1.59. The van der Waals surface area contributed by atoms with Crippen molar-refractivity contribution in [1.82, 2.24) is 20.4 Å². The molecule has 1 atom stereocenters. The number of benzene rings is 3. The number of carbonyl (C=O) groups is 1. The summed E-state index contributed by atoms with van der Waals surface area (Å²) in [5, 5.41) is 8.53. The minimum absolute atomic E-state index is 0.215. The minimum Gasteiger partial charge on any atom is -0.334 e. The second-order valence-electron chi connectivity index (χ2n) is 7.94. The number of rotatable bonds is 5. The lowest BCUT2D eigenvalue weighted by molar-refractivity contribution is 0.203. The molecular formula is C26H20Cl2N4O2. The van der Waals surface area contributed by atoms with Crippen molar-refractivity contribution in [3.05, 3.63) is 112 Å². The van der Waals surface area contributed by atoms with Crippen molar-refractivity contribution in [2.45, 2.75) is 19.5 Å². The second kappa shape index (κ2) is 9.33. The Hall–Kier alpha value is -3.61. The van der Waals surface area contributed by atoms with Gasteiger partial charge in [-0.3, -0.25) is 4.90 Å². The first-order valence-electron chi connectivity index (χ1n) is 10.7. The molecule has 1 unspecified atom stereocenters. The molecule has 170 valence electrons. The summed E-state index contributed by atoms with van der Waals surface area (Å²) in [7, 11) is 0. The summed E-state index contributed by atoms with van der Waals surface area (Å²) in [5.41, 5.74) is 4.07. The van der Waals surface area contributed by atoms with E-state index in [1.165, 1.54) is 0 Å². The van der Waals surface area contributed by atoms with Crippen LogP contribution in [0.3, 0.4) is 0 Å². The molecule has 3 aromatic carbocycles. The van der Waals surface area contributed by atoms with Gasteiger partial charge in [-0.2, -0.15) is 4.98 Å². The standard InChI is InChI=1S/C26H20Cl2N4O2/c1-16-22(25-30-24(31-34-25)19-10-12-20(27)13-11-19)23(18-7-3-2-4-8-18)29-26(33)32(16)15-17-6-5-9-21(28)14-17/h2-14,23H,15H2,1H3,(H,29,33). The highest BCUT2D eigenvalue weighted by Crippen LogP contribution is 2.38. The summed E-state index contributed by atoms with van der Waals surface area (Å²) in [5.74, 6) is 0.782. The highest BCUT2D eigenvalue weighted by Gasteiger charge is 2.35. The molecule has 8 heteroatoms. The molecule has 0 spiro atoms. The van der Waals surface area contributed by atoms with Crippen LogP contribution >= 0.6 is 23.2 Å². The Bertz CT molecular complexity index is 1370. The number of aromatic nitrogens is 2. The zero-order chi connectivity index (χ0) is 23.7. The van der Waals surface area contributed by atoms with Crippen LogP contribution < -0.4 is 5.32 Å². The molecule has 1 N–H and O–H groups in total. The summed E-state index contributed by atoms with van der Waals surface area (Å²) in [6.45, 7) is 2.24. The molecule has 0 saturated heterocycles. The number of carbonyl (C=O) groups excluding carboxylic acids is 1. The maximum Gasteiger partial charge on any atom is 0.322 e. The SMILES string of the molecule is CC1=C(c2nc(-c3ccc(Cl)cc3)no2)C(c2ccccc2)NC(=O)N1Cc1cccc(Cl)c1. The summed E-state index contributed by atoms with van der Waals surface area (Å²) in [6, 6.07) is 23.7. The minimum atomic E-state index is -0.442. The van der Waals surface area contributed by atoms with E-state index >= 15 is 0 Å². The van der Waals surface area contributed by atoms with Crippen molar-refractivity contribution in [2.75, 3.05) is 0 Å². The molecule has 1 aliphatic rings. The van der Waals surface area contributed by atoms with Gasteiger partial charge < -0.3 is 9.84 Å². The summed E-state index contributed by atoms with van der Waals surface area (Å²) in [4.78, 5) is 19.5. The van der Waals surface area contributed by atoms with E-state index in [-0.39, 0.29) is 6.03 Å². The molecule has 2 heterocycles. The topological polar surface area (TPSA) is 71.3 Å². The van der Waals surface area contributed by atoms with Crippen LogP contribution in [0.15, 0.2) is 89.1 Å². The molecule has 0 radical (unpaired) electrons. The highest BCUT2D eigenvalue weighted by molar-refractivity contribution is 6.30. The lowest BCUT2D eigenvalue weighted by atomic mass is 9.94. The third-order valence-corrected chi connectivity index (χ3v) is 6.20. The van der Waals surface area contributed by atoms with Gasteiger partial charge in [0.1, 0.15) is 0 Å². The Morgan fingerprint density at radius 2 is 1.74 bits per heavy atom. The van der Waals surface area contributed by atoms with Gasteiger partial charge in [0.2, 0.25) is 5.82 Å². The molecule has 4 aromatic rings. The Morgan fingerprint density at radius 1 is 0.971 bits per heavy atom. The molecule has 6 nitrogen and oxygen atoms in total. The quantitative estimate of drug-likeness (QED) is 0.336. The van der Waals surface area contributed by atoms with Gasteiger partial charge in [0.05, 0.1) is 18.2 Å². The molecule has 0 bridgehead atoms. The zero-order valence-corrected chi connectivity index (χ0v) is 19.7. The van der Waals surface area contributed by atoms with E-state index in [1.54, 1.807) is 23.1 Å². The molecule has 2 amide bonds. The van der Waals surface area contributed by atoms with Crippen molar-refractivity contribution in [1.29, 1.82) is 0 Å². The maximum absolute atomic E-state index is 13.2. The van der Waals surface area contributed by atoms with Gasteiger partial charge in [-0.25, -0.2) is 4.79 Å². The Morgan fingerprint density at radius 3 is 2.47 bits per heavy atom. The summed E-state index contributed by atoms with van der Waals surface area (Å²) < 4.78 is 5.71. The first kappa shape index (κ1) is 22.2. The van der Waals surface area contributed by atoms with Gasteiger partial charge in [-0.1, -0.05) is 70.8 Å². The molecule has 0 fully saturated rings. The van der Waals surface area contributed by atoms with Crippen LogP contribution in [0.25, 0.3) is 17.0 Å². The molecule has 0 saturated carbocycles. The highest BCUT2D eigenvalue weighted by atomic mass is 35.5. The van der Waals surface area contributed by atoms with E-state index in [2.05, 4.69) is 15.5 Å². The van der Waals surface area contributed by atoms with Crippen LogP contribution in [0, 0.1) is 0 Å². The summed E-state index contributed by atoms with van der Waals surface area (Å²) in [6.07, 6.45) is 0. The molecule has 34 heavy (non-hydrogen) atoms. The van der Waals surface area contributed by atoms with E-state index in [0.29, 0.717) is 28.3 Å². The fourth-order valence-electron chi connectivity index (χ4n) is 4.01. The monoisotopic (exact) mass is 490 g/mol. The molecule has 0 aliphatic carbocycles. The number of nitrogens with zero attached hydrogens (tertiary/aromatic N) is 3. The van der Waals surface area contributed by atoms with E-state index < -0.39 is 6.04 Å². The average molecular weight is 491 g/mol. The van der Waals surface area contributed by atoms with E-state index in [1.807, 2.05) is 67.6 Å². The third-order valence-electron chi connectivity index (χ3n) is 5.72. The van der Waals surface area contributed by atoms with Crippen LogP contribution in [0.5, 0.6) is 0 Å². The smallest absolute Gasteiger partial charge is 0.322 e. The van der Waals surface area contributed by atoms with Crippen molar-refractivity contribution in [3.63, 3.8) is 0 Å². The Kier molecular flexibility index (Phi) is 6.09. The van der Waals surface area contributed by atoms with Gasteiger partial charge >= 0.3 is 6.03 Å². The van der Waals surface area contributed by atoms with Crippen LogP contribution in [0.4, 0.5) is 4.79 Å². The van der Waals surface area contributed by atoms with Crippen LogP contribution in [0.1, 0.15) is 30.0 Å². The van der Waals surface area contributed by atoms with Gasteiger partial charge in [0, 0.05) is 21.3 Å². The number of nitrogens with one attached hydrogen (secondary N) is 1. The molecular weight excluding hydrogens is 471 g/mol. The fraction of sp³-hybridized carbons (Fsp3) is 0.115. The van der Waals surface area contributed by atoms with Gasteiger partial charge in [-0.15, -0.1) is 0 Å². The second-order valence-corrected chi connectivity index (χ2v) is 8.81. The van der Waals surface area contributed by atoms with Crippen molar-refractivity contribution in [2.24, 2.45) is 0 Å². The lowest BCUT2D eigenvalue weighted by Crippen LogP contribution is -2.45. The first-order valence-corrected chi connectivity index (χ1v) is 11.4. The fourth-order valence-corrected chi connectivity index (χ4v) is 4.35. The van der Waals surface area contributed by atoms with E-state index in [0.717, 1.165) is 28.0 Å². The largest absolute Gasteiger partial charge is 0.334 e. The first-order chi connectivity index (χ1) is 16.5. The Labute approximate surface area is 206 Å². The molecule has 1 aromatic heterocycles. The van der Waals surface area contributed by atoms with Crippen LogP contribution in [-0.4, -0.2) is 21.1 Å². The van der Waals surface area contributed by atoms with E-state index in [9.17, 15) is 4.79 Å². The normalized spacial score (nSPS) is 16.0. The summed E-state index contributed by atoms with van der Waals surface area (Å²) >= 11 is 12.2. The van der Waals surface area contributed by atoms with Crippen molar-refractivity contribution < 1.29 is 9.32 Å². The maximum atomic E-state index is 13.2. The van der Waals surface area contributed by atoms with Crippen molar-refractivity contribution >= 4 is 34.8 Å².